The van der Waals surface area contributed by atoms with Crippen LogP contribution in [0.5, 0.6) is 0 Å². The van der Waals surface area contributed by atoms with Gasteiger partial charge in [0.05, 0.1) is 13.2 Å². The topological polar surface area (TPSA) is 59.4 Å². The molecule has 1 saturated heterocycles. The van der Waals surface area contributed by atoms with E-state index in [1.54, 1.807) is 0 Å². The first-order chi connectivity index (χ1) is 15.2. The van der Waals surface area contributed by atoms with E-state index in [0.717, 1.165) is 62.5 Å². The van der Waals surface area contributed by atoms with Crippen molar-refractivity contribution in [3.05, 3.63) is 52.6 Å². The van der Waals surface area contributed by atoms with Crippen molar-refractivity contribution in [1.29, 1.82) is 0 Å². The van der Waals surface area contributed by atoms with E-state index in [1.807, 2.05) is 12.1 Å². The molecule has 1 aromatic heterocycles. The molecule has 6 nitrogen and oxygen atoms in total. The van der Waals surface area contributed by atoms with Gasteiger partial charge in [-0.25, -0.2) is 4.39 Å². The Hall–Kier alpha value is -2.25. The maximum atomic E-state index is 13.1. The zero-order valence-corrected chi connectivity index (χ0v) is 18.0. The lowest BCUT2D eigenvalue weighted by Crippen LogP contribution is -2.38. The summed E-state index contributed by atoms with van der Waals surface area (Å²) in [5.74, 6) is 0.949. The quantitative estimate of drug-likeness (QED) is 0.739. The summed E-state index contributed by atoms with van der Waals surface area (Å²) in [6, 6.07) is 6.75. The number of carbonyl (C=O) groups excluding carboxylic acids is 1. The van der Waals surface area contributed by atoms with Gasteiger partial charge in [-0.15, -0.1) is 0 Å². The molecule has 7 heteroatoms. The van der Waals surface area contributed by atoms with E-state index in [-0.39, 0.29) is 11.7 Å². The average molecular weight is 427 g/mol. The van der Waals surface area contributed by atoms with Gasteiger partial charge < -0.3 is 10.1 Å². The number of amides is 1. The third-order valence-corrected chi connectivity index (χ3v) is 6.82. The van der Waals surface area contributed by atoms with Crippen molar-refractivity contribution in [2.75, 3.05) is 26.2 Å². The third-order valence-electron chi connectivity index (χ3n) is 6.82. The minimum Gasteiger partial charge on any atom is -0.376 e. The Kier molecular flexibility index (Phi) is 6.05. The van der Waals surface area contributed by atoms with Gasteiger partial charge in [0.1, 0.15) is 5.82 Å². The van der Waals surface area contributed by atoms with Crippen LogP contribution in [-0.4, -0.2) is 46.8 Å². The fraction of sp³-hybridized carbons (Fsp3) is 0.583. The van der Waals surface area contributed by atoms with Crippen LogP contribution in [0, 0.1) is 17.7 Å². The summed E-state index contributed by atoms with van der Waals surface area (Å²) in [6.07, 6.45) is 5.49. The average Bonchev–Trinajstić information content (AvgIpc) is 3.54. The molecular weight excluding hydrogens is 395 g/mol. The number of likely N-dealkylation sites (tertiary alicyclic amines) is 1. The maximum Gasteiger partial charge on any atom is 0.272 e. The Morgan fingerprint density at radius 1 is 1.13 bits per heavy atom. The van der Waals surface area contributed by atoms with Crippen molar-refractivity contribution in [3.8, 4) is 0 Å². The van der Waals surface area contributed by atoms with Crippen LogP contribution in [0.2, 0.25) is 0 Å². The summed E-state index contributed by atoms with van der Waals surface area (Å²) in [7, 11) is 0. The lowest BCUT2D eigenvalue weighted by molar-refractivity contribution is 0.0908. The second kappa shape index (κ2) is 9.09. The van der Waals surface area contributed by atoms with Gasteiger partial charge in [0.15, 0.2) is 5.69 Å². The maximum absolute atomic E-state index is 13.1. The summed E-state index contributed by atoms with van der Waals surface area (Å²) >= 11 is 0. The highest BCUT2D eigenvalue weighted by atomic mass is 19.1. The van der Waals surface area contributed by atoms with Crippen LogP contribution in [-0.2, 0) is 30.9 Å². The number of benzene rings is 1. The van der Waals surface area contributed by atoms with Crippen LogP contribution in [0.3, 0.4) is 0 Å². The number of halogens is 1. The molecular formula is C24H31FN4O2. The molecule has 5 rings (SSSR count). The number of ether oxygens (including phenoxy) is 1. The van der Waals surface area contributed by atoms with Crippen LogP contribution < -0.4 is 5.32 Å². The third kappa shape index (κ3) is 4.99. The molecule has 0 unspecified atom stereocenters. The van der Waals surface area contributed by atoms with E-state index in [4.69, 9.17) is 9.84 Å². The molecule has 1 aromatic carbocycles. The zero-order chi connectivity index (χ0) is 21.2. The number of nitrogens with one attached hydrogen (secondary N) is 1. The number of carbonyl (C=O) groups is 1. The van der Waals surface area contributed by atoms with Gasteiger partial charge in [-0.2, -0.15) is 5.10 Å². The minimum absolute atomic E-state index is 0.0648. The molecule has 3 aliphatic rings. The van der Waals surface area contributed by atoms with E-state index in [9.17, 15) is 9.18 Å². The van der Waals surface area contributed by atoms with Crippen LogP contribution in [0.4, 0.5) is 4.39 Å². The largest absolute Gasteiger partial charge is 0.376 e. The summed E-state index contributed by atoms with van der Waals surface area (Å²) < 4.78 is 20.8. The second-order valence-electron chi connectivity index (χ2n) is 9.26. The minimum atomic E-state index is -0.191. The molecule has 166 valence electrons. The van der Waals surface area contributed by atoms with Crippen LogP contribution in [0.25, 0.3) is 0 Å². The van der Waals surface area contributed by atoms with Crippen molar-refractivity contribution < 1.29 is 13.9 Å². The van der Waals surface area contributed by atoms with Crippen LogP contribution in [0.15, 0.2) is 24.3 Å². The Morgan fingerprint density at radius 2 is 1.90 bits per heavy atom. The monoisotopic (exact) mass is 426 g/mol. The fourth-order valence-corrected chi connectivity index (χ4v) is 4.70. The molecule has 31 heavy (non-hydrogen) atoms. The zero-order valence-electron chi connectivity index (χ0n) is 18.0. The number of piperidine rings is 1. The van der Waals surface area contributed by atoms with Gasteiger partial charge >= 0.3 is 0 Å². The van der Waals surface area contributed by atoms with E-state index in [1.165, 1.54) is 30.7 Å². The number of hydrogen-bond acceptors (Lipinski definition) is 4. The van der Waals surface area contributed by atoms with Gasteiger partial charge in [-0.3, -0.25) is 14.4 Å². The highest BCUT2D eigenvalue weighted by Gasteiger charge is 2.29. The molecule has 1 amide bonds. The van der Waals surface area contributed by atoms with Gasteiger partial charge in [0.2, 0.25) is 0 Å². The van der Waals surface area contributed by atoms with Gasteiger partial charge in [0, 0.05) is 37.3 Å². The lowest BCUT2D eigenvalue weighted by Gasteiger charge is -2.32. The predicted molar refractivity (Wildman–Crippen MR) is 115 cm³/mol. The molecule has 2 aromatic rings. The fourth-order valence-electron chi connectivity index (χ4n) is 4.70. The molecule has 3 heterocycles. The molecule has 2 aliphatic heterocycles. The number of nitrogens with zero attached hydrogens (tertiary/aromatic N) is 3. The van der Waals surface area contributed by atoms with E-state index < -0.39 is 0 Å². The second-order valence-corrected chi connectivity index (χ2v) is 9.26. The molecule has 0 atom stereocenters. The number of rotatable bonds is 7. The Balaban J connectivity index is 1.13. The van der Waals surface area contributed by atoms with E-state index in [0.29, 0.717) is 31.4 Å². The SMILES string of the molecule is O=C(NCC1CCN(Cc2ccc(F)cc2)CC1)c1nn(CC2CC2)c2c1COCC2. The lowest BCUT2D eigenvalue weighted by atomic mass is 9.96. The molecule has 0 radical (unpaired) electrons. The molecule has 0 bridgehead atoms. The van der Waals surface area contributed by atoms with Crippen molar-refractivity contribution in [1.82, 2.24) is 20.0 Å². The predicted octanol–water partition coefficient (Wildman–Crippen LogP) is 3.15. The van der Waals surface area contributed by atoms with Crippen molar-refractivity contribution in [3.63, 3.8) is 0 Å². The highest BCUT2D eigenvalue weighted by Crippen LogP contribution is 2.32. The Bertz CT molecular complexity index is 914. The molecule has 1 saturated carbocycles. The van der Waals surface area contributed by atoms with Crippen molar-refractivity contribution in [2.24, 2.45) is 11.8 Å². The van der Waals surface area contributed by atoms with Gasteiger partial charge in [-0.05, 0) is 68.3 Å². The smallest absolute Gasteiger partial charge is 0.272 e. The normalized spacial score (nSPS) is 19.9. The summed E-state index contributed by atoms with van der Waals surface area (Å²) in [5, 5.41) is 7.83. The summed E-state index contributed by atoms with van der Waals surface area (Å²) in [6.45, 7) is 5.67. The summed E-state index contributed by atoms with van der Waals surface area (Å²) in [5.41, 5.74) is 3.88. The van der Waals surface area contributed by atoms with E-state index in [2.05, 4.69) is 14.9 Å². The molecule has 2 fully saturated rings. The van der Waals surface area contributed by atoms with Crippen LogP contribution in [0.1, 0.15) is 53.0 Å². The van der Waals surface area contributed by atoms with Crippen LogP contribution >= 0.6 is 0 Å². The summed E-state index contributed by atoms with van der Waals surface area (Å²) in [4.78, 5) is 15.3. The Morgan fingerprint density at radius 3 is 2.65 bits per heavy atom. The number of hydrogen-bond donors (Lipinski definition) is 1. The van der Waals surface area contributed by atoms with Crippen molar-refractivity contribution >= 4 is 5.91 Å². The van der Waals surface area contributed by atoms with Gasteiger partial charge in [0.25, 0.3) is 5.91 Å². The highest BCUT2D eigenvalue weighted by molar-refractivity contribution is 5.94. The number of fused-ring (bicyclic) bond motifs is 1. The Labute approximate surface area is 182 Å². The first kappa shape index (κ1) is 20.6. The van der Waals surface area contributed by atoms with Gasteiger partial charge in [-0.1, -0.05) is 12.1 Å². The molecule has 1 N–H and O–H groups in total. The first-order valence-corrected chi connectivity index (χ1v) is 11.6. The standard InChI is InChI=1S/C24H31FN4O2/c25-20-5-3-18(4-6-20)14-28-10-7-17(8-11-28)13-26-24(30)23-21-16-31-12-9-22(21)29(27-23)15-19-1-2-19/h3-6,17,19H,1-2,7-16H2,(H,26,30). The first-order valence-electron chi connectivity index (χ1n) is 11.6. The molecule has 1 aliphatic carbocycles. The van der Waals surface area contributed by atoms with E-state index >= 15 is 0 Å². The number of aromatic nitrogens is 2. The van der Waals surface area contributed by atoms with Crippen molar-refractivity contribution in [2.45, 2.75) is 51.8 Å². The molecule has 0 spiro atoms.